The predicted octanol–water partition coefficient (Wildman–Crippen LogP) is 6.61. The fraction of sp³-hybridized carbons (Fsp3) is 0.257. The molecule has 0 spiro atoms. The highest BCUT2D eigenvalue weighted by Crippen LogP contribution is 2.28. The van der Waals surface area contributed by atoms with Gasteiger partial charge in [0.1, 0.15) is 18.3 Å². The van der Waals surface area contributed by atoms with Crippen LogP contribution in [0.25, 0.3) is 0 Å². The number of anilines is 1. The van der Waals surface area contributed by atoms with E-state index in [0.29, 0.717) is 33.6 Å². The van der Waals surface area contributed by atoms with Crippen LogP contribution >= 0.6 is 23.2 Å². The number of para-hydroxylation sites is 1. The second-order valence-corrected chi connectivity index (χ2v) is 13.8. The molecule has 242 valence electrons. The van der Waals surface area contributed by atoms with Crippen LogP contribution in [0.3, 0.4) is 0 Å². The molecule has 0 fully saturated rings. The molecular formula is C35H37Cl2N3O5S. The van der Waals surface area contributed by atoms with Crippen molar-refractivity contribution in [3.05, 3.63) is 124 Å². The molecule has 8 nitrogen and oxygen atoms in total. The fourth-order valence-corrected chi connectivity index (χ4v) is 6.69. The molecule has 2 amide bonds. The van der Waals surface area contributed by atoms with E-state index in [4.69, 9.17) is 27.9 Å². The standard InChI is InChI=1S/C35H37Cl2N3O5S/c1-25(2)22-38-35(42)33(20-26-10-6-4-7-11-26)39(23-27-14-15-28(36)21-32(27)37)34(41)24-40(29-12-8-5-9-13-29)46(43,44)31-18-16-30(45-3)17-19-31/h4-19,21,25,33H,20,22-24H2,1-3H3,(H,38,42)/t33-/m1/s1. The topological polar surface area (TPSA) is 96.0 Å². The van der Waals surface area contributed by atoms with E-state index in [2.05, 4.69) is 5.32 Å². The first-order chi connectivity index (χ1) is 22.0. The SMILES string of the molecule is COc1ccc(S(=O)(=O)N(CC(=O)N(Cc2ccc(Cl)cc2Cl)[C@H](Cc2ccccc2)C(=O)NCC(C)C)c2ccccc2)cc1. The summed E-state index contributed by atoms with van der Waals surface area (Å²) in [4.78, 5) is 29.8. The van der Waals surface area contributed by atoms with E-state index in [1.165, 1.54) is 24.1 Å². The Morgan fingerprint density at radius 3 is 2.09 bits per heavy atom. The van der Waals surface area contributed by atoms with Gasteiger partial charge in [-0.2, -0.15) is 0 Å². The minimum Gasteiger partial charge on any atom is -0.497 e. The van der Waals surface area contributed by atoms with Gasteiger partial charge in [0.2, 0.25) is 11.8 Å². The van der Waals surface area contributed by atoms with Gasteiger partial charge < -0.3 is 15.0 Å². The quantitative estimate of drug-likeness (QED) is 0.162. The monoisotopic (exact) mass is 681 g/mol. The van der Waals surface area contributed by atoms with Gasteiger partial charge in [0, 0.05) is 29.6 Å². The number of carbonyl (C=O) groups excluding carboxylic acids is 2. The van der Waals surface area contributed by atoms with Crippen LogP contribution in [0.15, 0.2) is 108 Å². The summed E-state index contributed by atoms with van der Waals surface area (Å²) >= 11 is 12.7. The van der Waals surface area contributed by atoms with Crippen LogP contribution in [0.2, 0.25) is 10.0 Å². The number of methoxy groups -OCH3 is 1. The summed E-state index contributed by atoms with van der Waals surface area (Å²) in [6.45, 7) is 3.71. The summed E-state index contributed by atoms with van der Waals surface area (Å²) in [5, 5.41) is 3.70. The van der Waals surface area contributed by atoms with Gasteiger partial charge in [0.25, 0.3) is 10.0 Å². The molecule has 11 heteroatoms. The maximum atomic E-state index is 14.5. The van der Waals surface area contributed by atoms with Gasteiger partial charge in [-0.1, -0.05) is 91.6 Å². The smallest absolute Gasteiger partial charge is 0.264 e. The summed E-state index contributed by atoms with van der Waals surface area (Å²) < 4.78 is 34.5. The number of rotatable bonds is 14. The summed E-state index contributed by atoms with van der Waals surface area (Å²) in [7, 11) is -2.75. The highest BCUT2D eigenvalue weighted by atomic mass is 35.5. The van der Waals surface area contributed by atoms with Crippen molar-refractivity contribution in [3.8, 4) is 5.75 Å². The molecule has 0 unspecified atom stereocenters. The van der Waals surface area contributed by atoms with E-state index in [0.717, 1.165) is 9.87 Å². The Labute approximate surface area is 280 Å². The third-order valence-corrected chi connectivity index (χ3v) is 9.66. The Kier molecular flexibility index (Phi) is 12.1. The van der Waals surface area contributed by atoms with Gasteiger partial charge in [-0.25, -0.2) is 8.42 Å². The molecule has 46 heavy (non-hydrogen) atoms. The van der Waals surface area contributed by atoms with Crippen molar-refractivity contribution in [2.24, 2.45) is 5.92 Å². The van der Waals surface area contributed by atoms with Crippen molar-refractivity contribution in [2.45, 2.75) is 37.8 Å². The predicted molar refractivity (Wildman–Crippen MR) is 183 cm³/mol. The number of nitrogens with one attached hydrogen (secondary N) is 1. The third kappa shape index (κ3) is 9.02. The van der Waals surface area contributed by atoms with E-state index in [9.17, 15) is 18.0 Å². The molecule has 0 aliphatic carbocycles. The Morgan fingerprint density at radius 2 is 1.50 bits per heavy atom. The molecule has 4 aromatic carbocycles. The van der Waals surface area contributed by atoms with Crippen LogP contribution in [0.5, 0.6) is 5.75 Å². The van der Waals surface area contributed by atoms with E-state index in [-0.39, 0.29) is 29.7 Å². The Balaban J connectivity index is 1.80. The van der Waals surface area contributed by atoms with Crippen LogP contribution in [0.4, 0.5) is 5.69 Å². The van der Waals surface area contributed by atoms with Crippen molar-refractivity contribution >= 4 is 50.7 Å². The maximum absolute atomic E-state index is 14.5. The lowest BCUT2D eigenvalue weighted by Crippen LogP contribution is -2.53. The van der Waals surface area contributed by atoms with E-state index >= 15 is 0 Å². The molecule has 1 N–H and O–H groups in total. The molecule has 0 heterocycles. The number of benzene rings is 4. The minimum atomic E-state index is -4.23. The number of amides is 2. The summed E-state index contributed by atoms with van der Waals surface area (Å²) in [5.74, 6) is -0.296. The molecule has 4 aromatic rings. The molecule has 0 saturated heterocycles. The highest BCUT2D eigenvalue weighted by molar-refractivity contribution is 7.92. The van der Waals surface area contributed by atoms with Crippen molar-refractivity contribution in [2.75, 3.05) is 24.5 Å². The van der Waals surface area contributed by atoms with Crippen LogP contribution in [0.1, 0.15) is 25.0 Å². The number of ether oxygens (including phenoxy) is 1. The van der Waals surface area contributed by atoms with Gasteiger partial charge in [0.15, 0.2) is 0 Å². The summed E-state index contributed by atoms with van der Waals surface area (Å²) in [5.41, 5.74) is 1.68. The second-order valence-electron chi connectivity index (χ2n) is 11.1. The van der Waals surface area contributed by atoms with Gasteiger partial charge in [0.05, 0.1) is 17.7 Å². The van der Waals surface area contributed by atoms with Crippen molar-refractivity contribution in [1.82, 2.24) is 10.2 Å². The van der Waals surface area contributed by atoms with Crippen molar-refractivity contribution in [1.29, 1.82) is 0 Å². The Morgan fingerprint density at radius 1 is 0.870 bits per heavy atom. The highest BCUT2D eigenvalue weighted by Gasteiger charge is 2.35. The van der Waals surface area contributed by atoms with Crippen LogP contribution in [-0.4, -0.2) is 51.4 Å². The number of halogens is 2. The molecule has 1 atom stereocenters. The second kappa shape index (κ2) is 16.0. The zero-order valence-electron chi connectivity index (χ0n) is 25.9. The number of nitrogens with zero attached hydrogens (tertiary/aromatic N) is 2. The lowest BCUT2D eigenvalue weighted by atomic mass is 10.0. The zero-order chi connectivity index (χ0) is 33.3. The van der Waals surface area contributed by atoms with E-state index in [1.807, 2.05) is 44.2 Å². The van der Waals surface area contributed by atoms with Gasteiger partial charge in [-0.3, -0.25) is 13.9 Å². The molecule has 0 aliphatic rings. The normalized spacial score (nSPS) is 12.0. The lowest BCUT2D eigenvalue weighted by Gasteiger charge is -2.34. The first-order valence-electron chi connectivity index (χ1n) is 14.8. The number of sulfonamides is 1. The first kappa shape index (κ1) is 34.8. The van der Waals surface area contributed by atoms with Gasteiger partial charge in [-0.15, -0.1) is 0 Å². The van der Waals surface area contributed by atoms with Crippen LogP contribution in [-0.2, 0) is 32.6 Å². The average Bonchev–Trinajstić information content (AvgIpc) is 3.05. The minimum absolute atomic E-state index is 0.0206. The first-order valence-corrected chi connectivity index (χ1v) is 17.0. The van der Waals surface area contributed by atoms with E-state index < -0.39 is 28.5 Å². The Bertz CT molecular complexity index is 1720. The molecule has 0 saturated carbocycles. The van der Waals surface area contributed by atoms with Gasteiger partial charge in [-0.05, 0) is 65.6 Å². The molecule has 0 radical (unpaired) electrons. The molecule has 0 bridgehead atoms. The molecular weight excluding hydrogens is 645 g/mol. The fourth-order valence-electron chi connectivity index (χ4n) is 4.81. The van der Waals surface area contributed by atoms with Crippen molar-refractivity contribution in [3.63, 3.8) is 0 Å². The summed E-state index contributed by atoms with van der Waals surface area (Å²) in [6, 6.07) is 27.6. The maximum Gasteiger partial charge on any atom is 0.264 e. The van der Waals surface area contributed by atoms with Crippen molar-refractivity contribution < 1.29 is 22.7 Å². The van der Waals surface area contributed by atoms with E-state index in [1.54, 1.807) is 60.7 Å². The van der Waals surface area contributed by atoms with Crippen LogP contribution < -0.4 is 14.4 Å². The van der Waals surface area contributed by atoms with Crippen LogP contribution in [0, 0.1) is 5.92 Å². The molecule has 0 aromatic heterocycles. The molecule has 4 rings (SSSR count). The number of hydrogen-bond donors (Lipinski definition) is 1. The summed E-state index contributed by atoms with van der Waals surface area (Å²) in [6.07, 6.45) is 0.193. The lowest BCUT2D eigenvalue weighted by molar-refractivity contribution is -0.140. The largest absolute Gasteiger partial charge is 0.497 e. The number of hydrogen-bond acceptors (Lipinski definition) is 5. The Hall–Kier alpha value is -4.05. The average molecular weight is 683 g/mol. The van der Waals surface area contributed by atoms with Gasteiger partial charge >= 0.3 is 0 Å². The zero-order valence-corrected chi connectivity index (χ0v) is 28.2. The molecule has 0 aliphatic heterocycles. The third-order valence-electron chi connectivity index (χ3n) is 7.28. The number of carbonyl (C=O) groups is 2.